The summed E-state index contributed by atoms with van der Waals surface area (Å²) in [7, 11) is 0. The van der Waals surface area contributed by atoms with Gasteiger partial charge in [-0.3, -0.25) is 4.79 Å². The summed E-state index contributed by atoms with van der Waals surface area (Å²) in [5, 5.41) is 2.87. The van der Waals surface area contributed by atoms with Gasteiger partial charge in [-0.25, -0.2) is 0 Å². The van der Waals surface area contributed by atoms with Gasteiger partial charge < -0.3 is 15.8 Å². The molecular weight excluding hydrogens is 228 g/mol. The fraction of sp³-hybridized carbons (Fsp3) is 0.500. The van der Waals surface area contributed by atoms with Crippen molar-refractivity contribution in [2.75, 3.05) is 26.3 Å². The molecule has 1 aromatic rings. The molecule has 3 N–H and O–H groups in total. The number of hydrogen-bond acceptors (Lipinski definition) is 3. The second-order valence-corrected chi connectivity index (χ2v) is 4.04. The van der Waals surface area contributed by atoms with Crippen LogP contribution in [0.15, 0.2) is 24.3 Å². The van der Waals surface area contributed by atoms with Crippen LogP contribution in [0.2, 0.25) is 0 Å². The van der Waals surface area contributed by atoms with E-state index in [1.54, 1.807) is 0 Å². The Kier molecular flexibility index (Phi) is 7.06. The Bertz CT molecular complexity index is 349. The second kappa shape index (κ2) is 8.66. The predicted molar refractivity (Wildman–Crippen MR) is 72.6 cm³/mol. The topological polar surface area (TPSA) is 64.3 Å². The van der Waals surface area contributed by atoms with Gasteiger partial charge in [-0.1, -0.05) is 12.1 Å². The van der Waals surface area contributed by atoms with Crippen LogP contribution in [0.5, 0.6) is 0 Å². The molecule has 18 heavy (non-hydrogen) atoms. The van der Waals surface area contributed by atoms with E-state index in [9.17, 15) is 4.79 Å². The molecule has 0 aliphatic heterocycles. The Hall–Kier alpha value is -1.39. The quantitative estimate of drug-likeness (QED) is 0.684. The second-order valence-electron chi connectivity index (χ2n) is 4.04. The molecule has 4 nitrogen and oxygen atoms in total. The van der Waals surface area contributed by atoms with E-state index in [0.29, 0.717) is 25.3 Å². The van der Waals surface area contributed by atoms with E-state index in [2.05, 4.69) is 5.32 Å². The van der Waals surface area contributed by atoms with Gasteiger partial charge >= 0.3 is 0 Å². The van der Waals surface area contributed by atoms with Crippen molar-refractivity contribution in [1.29, 1.82) is 0 Å². The van der Waals surface area contributed by atoms with Gasteiger partial charge in [0.2, 0.25) is 0 Å². The number of ether oxygens (including phenoxy) is 1. The maximum Gasteiger partial charge on any atom is 0.251 e. The lowest BCUT2D eigenvalue weighted by atomic mass is 10.1. The molecule has 0 aliphatic rings. The van der Waals surface area contributed by atoms with Crippen LogP contribution in [0.25, 0.3) is 0 Å². The van der Waals surface area contributed by atoms with Gasteiger partial charge in [0.15, 0.2) is 0 Å². The summed E-state index contributed by atoms with van der Waals surface area (Å²) < 4.78 is 5.20. The third kappa shape index (κ3) is 5.29. The first-order valence-electron chi connectivity index (χ1n) is 6.43. The third-order valence-electron chi connectivity index (χ3n) is 2.60. The Morgan fingerprint density at radius 3 is 2.67 bits per heavy atom. The maximum atomic E-state index is 11.8. The molecule has 100 valence electrons. The molecule has 0 saturated heterocycles. The number of nitrogens with one attached hydrogen (secondary N) is 1. The molecule has 0 aliphatic carbocycles. The molecule has 1 amide bonds. The van der Waals surface area contributed by atoms with Gasteiger partial charge in [0, 0.05) is 25.3 Å². The highest BCUT2D eigenvalue weighted by atomic mass is 16.5. The smallest absolute Gasteiger partial charge is 0.251 e. The van der Waals surface area contributed by atoms with Crippen molar-refractivity contribution >= 4 is 5.91 Å². The van der Waals surface area contributed by atoms with E-state index in [1.807, 2.05) is 31.2 Å². The SMILES string of the molecule is CCOCCCNC(=O)c1ccc(CCN)cc1. The van der Waals surface area contributed by atoms with Crippen LogP contribution in [0.1, 0.15) is 29.3 Å². The van der Waals surface area contributed by atoms with Gasteiger partial charge in [0.05, 0.1) is 0 Å². The zero-order valence-electron chi connectivity index (χ0n) is 10.9. The van der Waals surface area contributed by atoms with E-state index in [-0.39, 0.29) is 5.91 Å². The predicted octanol–water partition coefficient (Wildman–Crippen LogP) is 1.34. The summed E-state index contributed by atoms with van der Waals surface area (Å²) in [6.07, 6.45) is 1.68. The van der Waals surface area contributed by atoms with Gasteiger partial charge in [0.25, 0.3) is 5.91 Å². The fourth-order valence-electron chi connectivity index (χ4n) is 1.61. The van der Waals surface area contributed by atoms with Crippen LogP contribution in [-0.2, 0) is 11.2 Å². The van der Waals surface area contributed by atoms with Gasteiger partial charge in [0.1, 0.15) is 0 Å². The van der Waals surface area contributed by atoms with E-state index < -0.39 is 0 Å². The Balaban J connectivity index is 2.32. The summed E-state index contributed by atoms with van der Waals surface area (Å²) in [6, 6.07) is 7.57. The number of rotatable bonds is 8. The number of carbonyl (C=O) groups excluding carboxylic acids is 1. The average Bonchev–Trinajstić information content (AvgIpc) is 2.39. The van der Waals surface area contributed by atoms with E-state index >= 15 is 0 Å². The van der Waals surface area contributed by atoms with Crippen molar-refractivity contribution in [2.24, 2.45) is 5.73 Å². The monoisotopic (exact) mass is 250 g/mol. The van der Waals surface area contributed by atoms with Crippen molar-refractivity contribution in [2.45, 2.75) is 19.8 Å². The maximum absolute atomic E-state index is 11.8. The highest BCUT2D eigenvalue weighted by Gasteiger charge is 2.04. The molecule has 0 saturated carbocycles. The molecular formula is C14H22N2O2. The van der Waals surface area contributed by atoms with Crippen molar-refractivity contribution in [3.8, 4) is 0 Å². The van der Waals surface area contributed by atoms with Crippen molar-refractivity contribution < 1.29 is 9.53 Å². The van der Waals surface area contributed by atoms with Crippen LogP contribution in [0.3, 0.4) is 0 Å². The molecule has 1 aromatic carbocycles. The normalized spacial score (nSPS) is 10.3. The Morgan fingerprint density at radius 2 is 2.06 bits per heavy atom. The molecule has 0 fully saturated rings. The first-order chi connectivity index (χ1) is 8.77. The molecule has 4 heteroatoms. The lowest BCUT2D eigenvalue weighted by Crippen LogP contribution is -2.25. The van der Waals surface area contributed by atoms with Gasteiger partial charge in [-0.15, -0.1) is 0 Å². The average molecular weight is 250 g/mol. The van der Waals surface area contributed by atoms with Gasteiger partial charge in [-0.05, 0) is 44.0 Å². The summed E-state index contributed by atoms with van der Waals surface area (Å²) in [6.45, 7) is 4.64. The fourth-order valence-corrected chi connectivity index (χ4v) is 1.61. The summed E-state index contributed by atoms with van der Waals surface area (Å²) in [5.74, 6) is -0.0363. The molecule has 0 bridgehead atoms. The highest BCUT2D eigenvalue weighted by molar-refractivity contribution is 5.94. The molecule has 0 heterocycles. The zero-order valence-corrected chi connectivity index (χ0v) is 10.9. The van der Waals surface area contributed by atoms with E-state index in [1.165, 1.54) is 0 Å². The molecule has 0 atom stereocenters. The number of amides is 1. The first-order valence-corrected chi connectivity index (χ1v) is 6.43. The van der Waals surface area contributed by atoms with Gasteiger partial charge in [-0.2, -0.15) is 0 Å². The summed E-state index contributed by atoms with van der Waals surface area (Å²) >= 11 is 0. The first kappa shape index (κ1) is 14.7. The highest BCUT2D eigenvalue weighted by Crippen LogP contribution is 2.04. The minimum atomic E-state index is -0.0363. The largest absolute Gasteiger partial charge is 0.382 e. The van der Waals surface area contributed by atoms with E-state index in [0.717, 1.165) is 25.0 Å². The summed E-state index contributed by atoms with van der Waals surface area (Å²) in [4.78, 5) is 11.8. The molecule has 0 aromatic heterocycles. The minimum Gasteiger partial charge on any atom is -0.382 e. The summed E-state index contributed by atoms with van der Waals surface area (Å²) in [5.41, 5.74) is 7.32. The number of carbonyl (C=O) groups is 1. The number of benzene rings is 1. The molecule has 0 radical (unpaired) electrons. The standard InChI is InChI=1S/C14H22N2O2/c1-2-18-11-3-10-16-14(17)13-6-4-12(5-7-13)8-9-15/h4-7H,2-3,8-11,15H2,1H3,(H,16,17). The lowest BCUT2D eigenvalue weighted by molar-refractivity contribution is 0.0944. The number of hydrogen-bond donors (Lipinski definition) is 2. The molecule has 1 rings (SSSR count). The van der Waals surface area contributed by atoms with Crippen LogP contribution in [0, 0.1) is 0 Å². The van der Waals surface area contributed by atoms with Crippen molar-refractivity contribution in [3.05, 3.63) is 35.4 Å². The van der Waals surface area contributed by atoms with Crippen LogP contribution >= 0.6 is 0 Å². The van der Waals surface area contributed by atoms with Crippen molar-refractivity contribution in [3.63, 3.8) is 0 Å². The number of nitrogens with two attached hydrogens (primary N) is 1. The lowest BCUT2D eigenvalue weighted by Gasteiger charge is -2.06. The van der Waals surface area contributed by atoms with Crippen LogP contribution < -0.4 is 11.1 Å². The minimum absolute atomic E-state index is 0.0363. The zero-order chi connectivity index (χ0) is 13.2. The van der Waals surface area contributed by atoms with E-state index in [4.69, 9.17) is 10.5 Å². The van der Waals surface area contributed by atoms with Crippen molar-refractivity contribution in [1.82, 2.24) is 5.32 Å². The third-order valence-corrected chi connectivity index (χ3v) is 2.60. The Labute approximate surface area is 109 Å². The Morgan fingerprint density at radius 1 is 1.33 bits per heavy atom. The van der Waals surface area contributed by atoms with Crippen LogP contribution in [0.4, 0.5) is 0 Å². The van der Waals surface area contributed by atoms with Crippen LogP contribution in [-0.4, -0.2) is 32.2 Å². The molecule has 0 spiro atoms. The molecule has 0 unspecified atom stereocenters.